The molecule has 115 heavy (non-hydrogen) atoms. The zero-order chi connectivity index (χ0) is 85.3. The maximum absolute atomic E-state index is 12.8. The van der Waals surface area contributed by atoms with E-state index in [9.17, 15) is 28.8 Å². The van der Waals surface area contributed by atoms with Gasteiger partial charge in [-0.15, -0.1) is 0 Å². The van der Waals surface area contributed by atoms with E-state index in [1.165, 1.54) is 32.5 Å². The van der Waals surface area contributed by atoms with E-state index in [2.05, 4.69) is 88.6 Å². The summed E-state index contributed by atoms with van der Waals surface area (Å²) < 4.78 is 52.1. The van der Waals surface area contributed by atoms with Gasteiger partial charge in [0.05, 0.1) is 56.8 Å². The van der Waals surface area contributed by atoms with Gasteiger partial charge in [-0.3, -0.25) is 24.1 Å². The molecule has 6 unspecified atom stereocenters. The maximum Gasteiger partial charge on any atom is 0.514 e. The molecule has 4 aliphatic rings. The minimum atomic E-state index is -0.731. The van der Waals surface area contributed by atoms with Crippen LogP contribution in [-0.4, -0.2) is 116 Å². The molecule has 6 atom stereocenters. The second-order valence-corrected chi connectivity index (χ2v) is 32.2. The number of hydrogen-bond donors (Lipinski definition) is 1. The van der Waals surface area contributed by atoms with Crippen LogP contribution in [0.2, 0.25) is 0 Å². The van der Waals surface area contributed by atoms with Gasteiger partial charge >= 0.3 is 36.2 Å². The topological polar surface area (TPSA) is 268 Å². The van der Waals surface area contributed by atoms with Gasteiger partial charge in [0.15, 0.2) is 23.9 Å². The van der Waals surface area contributed by atoms with E-state index in [1.54, 1.807) is 124 Å². The summed E-state index contributed by atoms with van der Waals surface area (Å²) in [4.78, 5) is 92.3. The molecular weight excluding hydrogens is 1470 g/mol. The smallest absolute Gasteiger partial charge is 0.469 e. The van der Waals surface area contributed by atoms with Crippen molar-refractivity contribution in [3.8, 4) is 23.0 Å². The van der Waals surface area contributed by atoms with E-state index < -0.39 is 39.8 Å². The Kier molecular flexibility index (Phi) is 37.1. The molecule has 25 heteroatoms. The van der Waals surface area contributed by atoms with Gasteiger partial charge in [0.1, 0.15) is 47.2 Å². The lowest BCUT2D eigenvalue weighted by Crippen LogP contribution is -2.43. The molecule has 4 aromatic carbocycles. The highest BCUT2D eigenvalue weighted by atomic mass is 16.7. The van der Waals surface area contributed by atoms with Gasteiger partial charge in [0, 0.05) is 68.5 Å². The summed E-state index contributed by atoms with van der Waals surface area (Å²) in [6.07, 6.45) is 31.8. The van der Waals surface area contributed by atoms with Crippen LogP contribution in [0.4, 0.5) is 9.59 Å². The van der Waals surface area contributed by atoms with Crippen molar-refractivity contribution in [3.05, 3.63) is 220 Å². The first-order valence-electron chi connectivity index (χ1n) is 39.0. The average molecular weight is 1590 g/mol. The third kappa shape index (κ3) is 32.0. The number of rotatable bonds is 24. The van der Waals surface area contributed by atoms with Crippen LogP contribution in [0.3, 0.4) is 0 Å². The molecular formula is C90H124N8O17+2. The molecule has 12 rings (SSSR count). The van der Waals surface area contributed by atoms with Crippen molar-refractivity contribution in [1.29, 1.82) is 0 Å². The molecule has 8 heterocycles. The molecule has 4 aromatic heterocycles. The number of aromatic nitrogens is 8. The van der Waals surface area contributed by atoms with Gasteiger partial charge < -0.3 is 52.1 Å². The molecule has 0 radical (unpaired) electrons. The first-order chi connectivity index (χ1) is 54.3. The van der Waals surface area contributed by atoms with Crippen LogP contribution in [-0.2, 0) is 47.6 Å². The van der Waals surface area contributed by atoms with Gasteiger partial charge in [-0.25, -0.2) is 33.5 Å². The van der Waals surface area contributed by atoms with E-state index >= 15 is 0 Å². The highest BCUT2D eigenvalue weighted by molar-refractivity contribution is 5.86. The Labute approximate surface area is 679 Å². The fraction of sp³-hybridized carbons (Fsp3) is 0.467. The SMILES string of the molecule is C=C(C)C(=O)OC.C=Cc1ccc(OC(=O)OC(C)(C)C)cc1.C=Cn1ccnc1.CCC(CC(CC(C)(C)C(=O)OCCCO)n1ccnc1)c1ccc(OC(=O)OC(C)(C)C)cc1.CCC1CC(CC(C)(C)C(=O)OC)[n+]2ccn(c2)Oc2ccc(cc2)C(CC)CC(CC(C)(C)C(=O)OC)[n+]2ccn(c2)Oc2ccc1cc2. The van der Waals surface area contributed by atoms with Gasteiger partial charge in [0.25, 0.3) is 12.7 Å². The number of imidazole rings is 4. The first kappa shape index (κ1) is 94.5. The molecule has 0 aliphatic carbocycles. The Morgan fingerprint density at radius 2 is 1.04 bits per heavy atom. The summed E-state index contributed by atoms with van der Waals surface area (Å²) in [5.41, 5.74) is 1.72. The Morgan fingerprint density at radius 1 is 0.591 bits per heavy atom. The largest absolute Gasteiger partial charge is 0.514 e. The maximum atomic E-state index is 12.8. The molecule has 0 saturated carbocycles. The summed E-state index contributed by atoms with van der Waals surface area (Å²) in [6, 6.07) is 31.1. The van der Waals surface area contributed by atoms with E-state index in [1.807, 2.05) is 144 Å². The number of aliphatic hydroxyl groups excluding tert-OH is 1. The van der Waals surface area contributed by atoms with Crippen molar-refractivity contribution >= 4 is 48.5 Å². The number of aliphatic hydroxyl groups is 1. The summed E-state index contributed by atoms with van der Waals surface area (Å²) in [5, 5.41) is 8.96. The van der Waals surface area contributed by atoms with Crippen molar-refractivity contribution in [1.82, 2.24) is 28.6 Å². The quantitative estimate of drug-likeness (QED) is 0.0147. The molecule has 0 saturated heterocycles. The molecule has 0 amide bonds. The zero-order valence-corrected chi connectivity index (χ0v) is 70.9. The van der Waals surface area contributed by atoms with Crippen molar-refractivity contribution < 1.29 is 90.6 Å². The summed E-state index contributed by atoms with van der Waals surface area (Å²) in [6.45, 7) is 41.1. The van der Waals surface area contributed by atoms with Gasteiger partial charge in [0.2, 0.25) is 0 Å². The Balaban J connectivity index is 0.000000310. The zero-order valence-electron chi connectivity index (χ0n) is 70.9. The molecule has 8 bridgehead atoms. The molecule has 8 aromatic rings. The average Bonchev–Trinajstić information content (AvgIpc) is 1.35. The van der Waals surface area contributed by atoms with Crippen LogP contribution < -0.4 is 28.3 Å². The predicted molar refractivity (Wildman–Crippen MR) is 441 cm³/mol. The first-order valence-corrected chi connectivity index (χ1v) is 39.0. The molecule has 25 nitrogen and oxygen atoms in total. The molecule has 0 spiro atoms. The Morgan fingerprint density at radius 3 is 1.39 bits per heavy atom. The summed E-state index contributed by atoms with van der Waals surface area (Å²) >= 11 is 0. The summed E-state index contributed by atoms with van der Waals surface area (Å²) in [5.74, 6) is 1.96. The normalized spacial score (nSPS) is 15.3. The van der Waals surface area contributed by atoms with E-state index in [0.717, 1.165) is 61.2 Å². The van der Waals surface area contributed by atoms with Crippen LogP contribution in [0.15, 0.2) is 197 Å². The molecule has 0 fully saturated rings. The minimum absolute atomic E-state index is 0.00722. The number of methoxy groups -OCH3 is 3. The van der Waals surface area contributed by atoms with Gasteiger partial charge in [-0.2, -0.15) is 0 Å². The van der Waals surface area contributed by atoms with Crippen molar-refractivity contribution in [2.75, 3.05) is 34.5 Å². The monoisotopic (exact) mass is 1590 g/mol. The van der Waals surface area contributed by atoms with Crippen molar-refractivity contribution in [2.45, 2.75) is 222 Å². The van der Waals surface area contributed by atoms with Gasteiger partial charge in [-0.05, 0) is 233 Å². The number of carbonyl (C=O) groups excluding carboxylic acids is 6. The number of benzene rings is 4. The standard InChI is InChI=1S/C40H54N4O6.C27H40N2O6.C13H16O3.C5H6N2.C5H8O2/c1-9-29-23-33(25-39(3,4)37(45)47-7)41-19-21-43(27-41)50-36-17-13-32(14-18-36)30(10-2)24-34(26-40(5,6)38(46)48-8)42-20-22-44(28-42)49-35-15-11-31(29)12-16-35;1-7-20(21-9-11-23(12-10-21)34-25(32)35-26(2,3)4)17-22(29-14-13-28-19-29)18-27(5,6)24(31)33-16-8-15-30;1-5-10-6-8-11(9-7-10)15-12(14)16-13(2,3)4;1-2-7-4-3-6-5-7;1-4(2)5(6)7-3/h11-22,27-30,33-34H,9-10,23-26H2,1-8H3;9-14,19-20,22,30H,7-8,15-18H2,1-6H3;5-9H,1H2,2-4H3;2-5H,1H2;1H2,2-3H3/q+2;;;;. The van der Waals surface area contributed by atoms with Crippen LogP contribution in [0.25, 0.3) is 12.3 Å². The van der Waals surface area contributed by atoms with Crippen LogP contribution >= 0.6 is 0 Å². The highest BCUT2D eigenvalue weighted by Crippen LogP contribution is 2.40. The number of hydrogen-bond acceptors (Lipinski definition) is 19. The summed E-state index contributed by atoms with van der Waals surface area (Å²) in [7, 11) is 4.23. The number of carbonyl (C=O) groups is 6. The lowest BCUT2D eigenvalue weighted by Gasteiger charge is -2.31. The Bertz CT molecular complexity index is 4170. The van der Waals surface area contributed by atoms with Crippen molar-refractivity contribution in [2.24, 2.45) is 16.2 Å². The van der Waals surface area contributed by atoms with Crippen LogP contribution in [0.1, 0.15) is 233 Å². The number of esters is 4. The minimum Gasteiger partial charge on any atom is -0.469 e. The van der Waals surface area contributed by atoms with E-state index in [4.69, 9.17) is 47.9 Å². The third-order valence-corrected chi connectivity index (χ3v) is 19.0. The molecule has 624 valence electrons. The number of ether oxygens (including phenoxy) is 8. The fourth-order valence-electron chi connectivity index (χ4n) is 12.9. The third-order valence-electron chi connectivity index (χ3n) is 19.0. The highest BCUT2D eigenvalue weighted by Gasteiger charge is 2.39. The molecule has 1 N–H and O–H groups in total. The Hall–Kier alpha value is -11.1. The van der Waals surface area contributed by atoms with Crippen LogP contribution in [0.5, 0.6) is 23.0 Å². The van der Waals surface area contributed by atoms with E-state index in [0.29, 0.717) is 42.8 Å². The second-order valence-electron chi connectivity index (χ2n) is 32.2. The fourth-order valence-corrected chi connectivity index (χ4v) is 12.9. The van der Waals surface area contributed by atoms with Gasteiger partial charge in [-0.1, -0.05) is 95.1 Å². The lowest BCUT2D eigenvalue weighted by molar-refractivity contribution is -0.726. The van der Waals surface area contributed by atoms with Crippen LogP contribution in [0, 0.1) is 16.2 Å². The second kappa shape index (κ2) is 45.1. The molecule has 4 aliphatic heterocycles. The van der Waals surface area contributed by atoms with Crippen molar-refractivity contribution in [3.63, 3.8) is 0 Å². The lowest BCUT2D eigenvalue weighted by atomic mass is 9.80. The van der Waals surface area contributed by atoms with E-state index in [-0.39, 0.29) is 73.0 Å². The predicted octanol–water partition coefficient (Wildman–Crippen LogP) is 18.3. The number of nitrogens with zero attached hydrogens (tertiary/aromatic N) is 8.